The summed E-state index contributed by atoms with van der Waals surface area (Å²) in [5.41, 5.74) is 1.08. The van der Waals surface area contributed by atoms with Gasteiger partial charge in [-0.3, -0.25) is 4.72 Å². The first-order valence-electron chi connectivity index (χ1n) is 9.17. The van der Waals surface area contributed by atoms with Crippen LogP contribution < -0.4 is 10.0 Å². The number of aromatic nitrogens is 2. The van der Waals surface area contributed by atoms with Crippen LogP contribution in [-0.2, 0) is 15.8 Å². The second kappa shape index (κ2) is 10.5. The zero-order valence-electron chi connectivity index (χ0n) is 16.4. The number of nitrogens with zero attached hydrogens (tertiary/aromatic N) is 2. The molecule has 0 bridgehead atoms. The van der Waals surface area contributed by atoms with Gasteiger partial charge in [0.1, 0.15) is 11.6 Å². The Hall–Kier alpha value is -2.04. The van der Waals surface area contributed by atoms with E-state index in [4.69, 9.17) is 23.2 Å². The Morgan fingerprint density at radius 2 is 1.68 bits per heavy atom. The molecule has 2 aromatic carbocycles. The van der Waals surface area contributed by atoms with Gasteiger partial charge < -0.3 is 10.4 Å². The summed E-state index contributed by atoms with van der Waals surface area (Å²) in [5, 5.41) is 13.1. The summed E-state index contributed by atoms with van der Waals surface area (Å²) in [6.07, 6.45) is 0. The molecule has 1 aromatic heterocycles. The Morgan fingerprint density at radius 3 is 2.32 bits per heavy atom. The average Bonchev–Trinajstić information content (AvgIpc) is 2.72. The van der Waals surface area contributed by atoms with Crippen molar-refractivity contribution < 1.29 is 13.5 Å². The fourth-order valence-corrected chi connectivity index (χ4v) is 5.05. The lowest BCUT2D eigenvalue weighted by molar-refractivity contribution is 0.281. The van der Waals surface area contributed by atoms with Crippen LogP contribution >= 0.6 is 35.0 Å². The largest absolute Gasteiger partial charge is 0.394 e. The molecule has 164 valence electrons. The third-order valence-electron chi connectivity index (χ3n) is 3.97. The maximum Gasteiger partial charge on any atom is 0.263 e. The molecule has 0 amide bonds. The second-order valence-electron chi connectivity index (χ2n) is 6.63. The van der Waals surface area contributed by atoms with Crippen LogP contribution in [-0.4, -0.2) is 36.1 Å². The van der Waals surface area contributed by atoms with Crippen molar-refractivity contribution in [2.45, 2.75) is 28.8 Å². The maximum atomic E-state index is 12.8. The number of aliphatic hydroxyl groups excluding tert-OH is 1. The quantitative estimate of drug-likeness (QED) is 0.290. The van der Waals surface area contributed by atoms with Gasteiger partial charge in [0, 0.05) is 27.9 Å². The van der Waals surface area contributed by atoms with Gasteiger partial charge in [0.05, 0.1) is 11.5 Å². The minimum absolute atomic E-state index is 0.0781. The fraction of sp³-hybridized carbons (Fsp3) is 0.200. The summed E-state index contributed by atoms with van der Waals surface area (Å²) >= 11 is 13.2. The second-order valence-corrected chi connectivity index (χ2v) is 10.1. The number of anilines is 2. The van der Waals surface area contributed by atoms with E-state index in [0.717, 1.165) is 5.56 Å². The lowest BCUT2D eigenvalue weighted by atomic mass is 10.2. The average molecular weight is 499 g/mol. The SMILES string of the molecule is C[C@H](CO)Nc1cc(NS(=O)(=O)c2cc(Cl)cc(Cl)c2)nc(SCc2ccccc2)n1. The van der Waals surface area contributed by atoms with Crippen LogP contribution in [0.3, 0.4) is 0 Å². The molecule has 0 unspecified atom stereocenters. The number of thioether (sulfide) groups is 1. The van der Waals surface area contributed by atoms with Crippen LogP contribution in [0, 0.1) is 0 Å². The van der Waals surface area contributed by atoms with Crippen LogP contribution in [0.2, 0.25) is 10.0 Å². The highest BCUT2D eigenvalue weighted by Crippen LogP contribution is 2.27. The van der Waals surface area contributed by atoms with Crippen molar-refractivity contribution in [3.8, 4) is 0 Å². The molecule has 0 aliphatic carbocycles. The highest BCUT2D eigenvalue weighted by Gasteiger charge is 2.18. The Labute approximate surface area is 195 Å². The minimum atomic E-state index is -3.99. The molecule has 1 atom stereocenters. The molecule has 3 aromatic rings. The lowest BCUT2D eigenvalue weighted by Gasteiger charge is -2.14. The monoisotopic (exact) mass is 498 g/mol. The van der Waals surface area contributed by atoms with E-state index in [-0.39, 0.29) is 33.4 Å². The van der Waals surface area contributed by atoms with Crippen molar-refractivity contribution in [3.63, 3.8) is 0 Å². The normalized spacial score (nSPS) is 12.4. The molecule has 0 aliphatic rings. The van der Waals surface area contributed by atoms with E-state index in [0.29, 0.717) is 16.7 Å². The summed E-state index contributed by atoms with van der Waals surface area (Å²) in [5.74, 6) is 1.07. The zero-order valence-corrected chi connectivity index (χ0v) is 19.6. The molecule has 7 nitrogen and oxygen atoms in total. The number of benzene rings is 2. The molecule has 0 spiro atoms. The Balaban J connectivity index is 1.89. The van der Waals surface area contributed by atoms with Crippen LogP contribution in [0.5, 0.6) is 0 Å². The van der Waals surface area contributed by atoms with E-state index in [9.17, 15) is 13.5 Å². The zero-order chi connectivity index (χ0) is 22.4. The highest BCUT2D eigenvalue weighted by molar-refractivity contribution is 7.98. The van der Waals surface area contributed by atoms with Crippen molar-refractivity contribution in [2.24, 2.45) is 0 Å². The van der Waals surface area contributed by atoms with Crippen molar-refractivity contribution in [1.29, 1.82) is 0 Å². The van der Waals surface area contributed by atoms with Gasteiger partial charge in [0.15, 0.2) is 5.16 Å². The van der Waals surface area contributed by atoms with Crippen LogP contribution in [0.25, 0.3) is 0 Å². The minimum Gasteiger partial charge on any atom is -0.394 e. The Bertz CT molecular complexity index is 1130. The number of hydrogen-bond acceptors (Lipinski definition) is 7. The molecule has 3 N–H and O–H groups in total. The molecule has 31 heavy (non-hydrogen) atoms. The summed E-state index contributed by atoms with van der Waals surface area (Å²) in [7, 11) is -3.99. The molecule has 11 heteroatoms. The van der Waals surface area contributed by atoms with Gasteiger partial charge in [-0.1, -0.05) is 65.3 Å². The lowest BCUT2D eigenvalue weighted by Crippen LogP contribution is -2.21. The summed E-state index contributed by atoms with van der Waals surface area (Å²) in [4.78, 5) is 8.67. The number of halogens is 2. The topological polar surface area (TPSA) is 104 Å². The molecule has 0 saturated carbocycles. The van der Waals surface area contributed by atoms with E-state index < -0.39 is 10.0 Å². The molecule has 1 heterocycles. The summed E-state index contributed by atoms with van der Waals surface area (Å²) in [6.45, 7) is 1.66. The van der Waals surface area contributed by atoms with Gasteiger partial charge in [-0.2, -0.15) is 0 Å². The maximum absolute atomic E-state index is 12.8. The number of rotatable bonds is 9. The van der Waals surface area contributed by atoms with Crippen LogP contribution in [0.1, 0.15) is 12.5 Å². The third-order valence-corrected chi connectivity index (χ3v) is 6.66. The van der Waals surface area contributed by atoms with E-state index in [1.165, 1.54) is 36.0 Å². The van der Waals surface area contributed by atoms with Gasteiger partial charge in [0.25, 0.3) is 10.0 Å². The van der Waals surface area contributed by atoms with Crippen molar-refractivity contribution in [3.05, 3.63) is 70.2 Å². The van der Waals surface area contributed by atoms with Crippen molar-refractivity contribution >= 4 is 56.6 Å². The van der Waals surface area contributed by atoms with Crippen LogP contribution in [0.4, 0.5) is 11.6 Å². The Kier molecular flexibility index (Phi) is 8.01. The molecule has 0 fully saturated rings. The molecule has 0 aliphatic heterocycles. The van der Waals surface area contributed by atoms with E-state index in [1.54, 1.807) is 6.92 Å². The first-order valence-corrected chi connectivity index (χ1v) is 12.4. The Morgan fingerprint density at radius 1 is 1.03 bits per heavy atom. The first-order chi connectivity index (χ1) is 14.7. The van der Waals surface area contributed by atoms with Gasteiger partial charge in [0.2, 0.25) is 0 Å². The highest BCUT2D eigenvalue weighted by atomic mass is 35.5. The number of aliphatic hydroxyl groups is 1. The number of nitrogens with one attached hydrogen (secondary N) is 2. The summed E-state index contributed by atoms with van der Waals surface area (Å²) in [6, 6.07) is 15.0. The van der Waals surface area contributed by atoms with E-state index in [1.807, 2.05) is 30.3 Å². The standard InChI is InChI=1S/C20H20Cl2N4O3S2/c1-13(11-27)23-18-10-19(25-20(24-18)30-12-14-5-3-2-4-6-14)26-31(28,29)17-8-15(21)7-16(22)9-17/h2-10,13,27H,11-12H2,1H3,(H2,23,24,25,26)/t13-/m1/s1. The van der Waals surface area contributed by atoms with Gasteiger partial charge in [-0.15, -0.1) is 0 Å². The predicted molar refractivity (Wildman–Crippen MR) is 125 cm³/mol. The van der Waals surface area contributed by atoms with E-state index in [2.05, 4.69) is 20.0 Å². The number of hydrogen-bond donors (Lipinski definition) is 3. The smallest absolute Gasteiger partial charge is 0.263 e. The molecule has 0 saturated heterocycles. The predicted octanol–water partition coefficient (Wildman–Crippen LogP) is 4.67. The van der Waals surface area contributed by atoms with Crippen LogP contribution in [0.15, 0.2) is 64.6 Å². The molecule has 3 rings (SSSR count). The first kappa shape index (κ1) is 23.6. The van der Waals surface area contributed by atoms with Gasteiger partial charge in [-0.25, -0.2) is 18.4 Å². The fourth-order valence-electron chi connectivity index (χ4n) is 2.52. The molecular formula is C20H20Cl2N4O3S2. The van der Waals surface area contributed by atoms with Gasteiger partial charge in [-0.05, 0) is 30.7 Å². The number of sulfonamides is 1. The third kappa shape index (κ3) is 6.98. The molecular weight excluding hydrogens is 479 g/mol. The summed E-state index contributed by atoms with van der Waals surface area (Å²) < 4.78 is 28.1. The van der Waals surface area contributed by atoms with Crippen molar-refractivity contribution in [1.82, 2.24) is 9.97 Å². The molecule has 0 radical (unpaired) electrons. The van der Waals surface area contributed by atoms with Gasteiger partial charge >= 0.3 is 0 Å². The van der Waals surface area contributed by atoms with E-state index >= 15 is 0 Å². The van der Waals surface area contributed by atoms with Crippen molar-refractivity contribution in [2.75, 3.05) is 16.6 Å².